The van der Waals surface area contributed by atoms with Crippen LogP contribution in [-0.2, 0) is 4.79 Å². The highest BCUT2D eigenvalue weighted by molar-refractivity contribution is 5.80. The second-order valence-corrected chi connectivity index (χ2v) is 2.55. The maximum atomic E-state index is 10.4. The summed E-state index contributed by atoms with van der Waals surface area (Å²) in [4.78, 5) is 10.4. The number of carbonyl (C=O) groups is 1. The van der Waals surface area contributed by atoms with Crippen LogP contribution in [0, 0.1) is 6.92 Å². The average Bonchev–Trinajstić information content (AvgIpc) is 2.15. The zero-order valence-electron chi connectivity index (χ0n) is 5.52. The largest absolute Gasteiger partial charge is 0.353 e. The highest BCUT2D eigenvalue weighted by Gasteiger charge is 2.14. The number of amides is 1. The molecule has 0 aromatic rings. The van der Waals surface area contributed by atoms with Gasteiger partial charge in [-0.15, -0.1) is 0 Å². The third-order valence-corrected chi connectivity index (χ3v) is 1.72. The molecule has 1 radical (unpaired) electrons. The Labute approximate surface area is 55.6 Å². The topological polar surface area (TPSA) is 29.1 Å². The van der Waals surface area contributed by atoms with Crippen molar-refractivity contribution in [3.63, 3.8) is 0 Å². The van der Waals surface area contributed by atoms with Gasteiger partial charge in [0.1, 0.15) is 0 Å². The molecule has 1 rings (SSSR count). The van der Waals surface area contributed by atoms with E-state index in [1.807, 2.05) is 0 Å². The van der Waals surface area contributed by atoms with Crippen LogP contribution in [0.4, 0.5) is 0 Å². The molecule has 0 heterocycles. The van der Waals surface area contributed by atoms with E-state index in [-0.39, 0.29) is 5.91 Å². The maximum Gasteiger partial charge on any atom is 0.220 e. The van der Waals surface area contributed by atoms with Gasteiger partial charge in [-0.25, -0.2) is 0 Å². The molecule has 1 aliphatic rings. The van der Waals surface area contributed by atoms with Crippen LogP contribution in [0.5, 0.6) is 0 Å². The summed E-state index contributed by atoms with van der Waals surface area (Å²) in [6, 6.07) is 0.426. The molecule has 0 aromatic heterocycles. The second kappa shape index (κ2) is 2.85. The van der Waals surface area contributed by atoms with Crippen molar-refractivity contribution in [1.29, 1.82) is 0 Å². The van der Waals surface area contributed by atoms with Gasteiger partial charge in [-0.2, -0.15) is 0 Å². The number of nitrogens with one attached hydrogen (secondary N) is 1. The minimum absolute atomic E-state index is 0.137. The van der Waals surface area contributed by atoms with E-state index in [0.717, 1.165) is 12.8 Å². The van der Waals surface area contributed by atoms with E-state index >= 15 is 0 Å². The van der Waals surface area contributed by atoms with Gasteiger partial charge in [0.15, 0.2) is 0 Å². The molecule has 0 aromatic carbocycles. The fraction of sp³-hybridized carbons (Fsp3) is 0.714. The highest BCUT2D eigenvalue weighted by atomic mass is 16.1. The number of rotatable bonds is 1. The molecule has 0 unspecified atom stereocenters. The number of carbonyl (C=O) groups excluding carboxylic acids is 1. The molecule has 0 aliphatic heterocycles. The van der Waals surface area contributed by atoms with Crippen molar-refractivity contribution >= 4 is 5.91 Å². The molecule has 2 nitrogen and oxygen atoms in total. The van der Waals surface area contributed by atoms with Crippen molar-refractivity contribution < 1.29 is 4.79 Å². The molecule has 1 aliphatic carbocycles. The van der Waals surface area contributed by atoms with Gasteiger partial charge in [0, 0.05) is 13.0 Å². The minimum atomic E-state index is -0.137. The molecule has 0 saturated heterocycles. The monoisotopic (exact) mass is 126 g/mol. The van der Waals surface area contributed by atoms with Crippen molar-refractivity contribution in [1.82, 2.24) is 5.32 Å². The van der Waals surface area contributed by atoms with Gasteiger partial charge in [-0.05, 0) is 12.8 Å². The van der Waals surface area contributed by atoms with E-state index in [0.29, 0.717) is 6.04 Å². The Morgan fingerprint density at radius 1 is 1.44 bits per heavy atom. The van der Waals surface area contributed by atoms with Gasteiger partial charge in [0.05, 0.1) is 0 Å². The normalized spacial score (nSPS) is 20.1. The zero-order valence-corrected chi connectivity index (χ0v) is 5.52. The summed E-state index contributed by atoms with van der Waals surface area (Å²) in [5, 5.41) is 2.79. The molecule has 51 valence electrons. The van der Waals surface area contributed by atoms with Gasteiger partial charge < -0.3 is 5.32 Å². The van der Waals surface area contributed by atoms with Crippen LogP contribution in [0.2, 0.25) is 0 Å². The first-order chi connectivity index (χ1) is 4.29. The van der Waals surface area contributed by atoms with Gasteiger partial charge in [0.2, 0.25) is 5.91 Å². The van der Waals surface area contributed by atoms with Crippen molar-refractivity contribution in [2.24, 2.45) is 0 Å². The molecular weight excluding hydrogens is 114 g/mol. The summed E-state index contributed by atoms with van der Waals surface area (Å²) in [6.07, 6.45) is 4.79. The molecule has 1 fully saturated rings. The van der Waals surface area contributed by atoms with Gasteiger partial charge in [-0.3, -0.25) is 4.79 Å². The van der Waals surface area contributed by atoms with Crippen LogP contribution in [0.3, 0.4) is 0 Å². The lowest BCUT2D eigenvalue weighted by atomic mass is 10.2. The highest BCUT2D eigenvalue weighted by Crippen LogP contribution is 2.17. The summed E-state index contributed by atoms with van der Waals surface area (Å²) in [5.41, 5.74) is 0. The summed E-state index contributed by atoms with van der Waals surface area (Å²) >= 11 is 0. The summed E-state index contributed by atoms with van der Waals surface area (Å²) in [6.45, 7) is 3.25. The molecular formula is C7H12NO. The Bertz CT molecular complexity index is 105. The first kappa shape index (κ1) is 6.59. The Morgan fingerprint density at radius 3 is 2.44 bits per heavy atom. The fourth-order valence-corrected chi connectivity index (χ4v) is 1.30. The third-order valence-electron chi connectivity index (χ3n) is 1.72. The SMILES string of the molecule is [CH2]C(=O)NC1CCCC1. The summed E-state index contributed by atoms with van der Waals surface area (Å²) in [7, 11) is 0. The molecule has 2 heteroatoms. The average molecular weight is 126 g/mol. The van der Waals surface area contributed by atoms with E-state index in [1.54, 1.807) is 0 Å². The van der Waals surface area contributed by atoms with Crippen LogP contribution in [0.15, 0.2) is 0 Å². The lowest BCUT2D eigenvalue weighted by molar-refractivity contribution is -0.117. The molecule has 1 amide bonds. The molecule has 0 spiro atoms. The predicted molar refractivity (Wildman–Crippen MR) is 35.8 cm³/mol. The Hall–Kier alpha value is -0.530. The Morgan fingerprint density at radius 2 is 2.00 bits per heavy atom. The van der Waals surface area contributed by atoms with Crippen LogP contribution in [-0.4, -0.2) is 11.9 Å². The van der Waals surface area contributed by atoms with Crippen LogP contribution in [0.25, 0.3) is 0 Å². The second-order valence-electron chi connectivity index (χ2n) is 2.55. The minimum Gasteiger partial charge on any atom is -0.353 e. The van der Waals surface area contributed by atoms with Crippen molar-refractivity contribution in [3.05, 3.63) is 6.92 Å². The van der Waals surface area contributed by atoms with E-state index in [4.69, 9.17) is 0 Å². The first-order valence-corrected chi connectivity index (χ1v) is 3.41. The predicted octanol–water partition coefficient (Wildman–Crippen LogP) is 0.879. The lowest BCUT2D eigenvalue weighted by Gasteiger charge is -2.07. The van der Waals surface area contributed by atoms with E-state index < -0.39 is 0 Å². The zero-order chi connectivity index (χ0) is 6.69. The third kappa shape index (κ3) is 2.04. The molecule has 1 saturated carbocycles. The van der Waals surface area contributed by atoms with Crippen molar-refractivity contribution in [2.75, 3.05) is 0 Å². The van der Waals surface area contributed by atoms with Crippen molar-refractivity contribution in [2.45, 2.75) is 31.7 Å². The van der Waals surface area contributed by atoms with Crippen LogP contribution < -0.4 is 5.32 Å². The molecule has 9 heavy (non-hydrogen) atoms. The maximum absolute atomic E-state index is 10.4. The van der Waals surface area contributed by atoms with Gasteiger partial charge in [0.25, 0.3) is 0 Å². The molecule has 1 N–H and O–H groups in total. The number of hydrogen-bond acceptors (Lipinski definition) is 1. The lowest BCUT2D eigenvalue weighted by Crippen LogP contribution is -2.30. The van der Waals surface area contributed by atoms with E-state index in [2.05, 4.69) is 12.2 Å². The van der Waals surface area contributed by atoms with Crippen LogP contribution >= 0.6 is 0 Å². The Kier molecular flexibility index (Phi) is 2.09. The summed E-state index contributed by atoms with van der Waals surface area (Å²) in [5.74, 6) is -0.137. The molecule has 0 bridgehead atoms. The van der Waals surface area contributed by atoms with Gasteiger partial charge in [-0.1, -0.05) is 12.8 Å². The number of hydrogen-bond donors (Lipinski definition) is 1. The van der Waals surface area contributed by atoms with E-state index in [9.17, 15) is 4.79 Å². The van der Waals surface area contributed by atoms with Crippen LogP contribution in [0.1, 0.15) is 25.7 Å². The standard InChI is InChI=1S/C7H12NO/c1-6(9)8-7-4-2-3-5-7/h7H,1-5H2,(H,8,9). The molecule has 0 atom stereocenters. The fourth-order valence-electron chi connectivity index (χ4n) is 1.30. The summed E-state index contributed by atoms with van der Waals surface area (Å²) < 4.78 is 0. The van der Waals surface area contributed by atoms with Crippen molar-refractivity contribution in [3.8, 4) is 0 Å². The smallest absolute Gasteiger partial charge is 0.220 e. The van der Waals surface area contributed by atoms with E-state index in [1.165, 1.54) is 12.8 Å². The van der Waals surface area contributed by atoms with Gasteiger partial charge >= 0.3 is 0 Å². The quantitative estimate of drug-likeness (QED) is 0.555. The first-order valence-electron chi connectivity index (χ1n) is 3.41. The Balaban J connectivity index is 2.19.